The number of aromatic nitrogens is 4. The summed E-state index contributed by atoms with van der Waals surface area (Å²) in [6, 6.07) is 10.3. The lowest BCUT2D eigenvalue weighted by Gasteiger charge is -2.36. The second-order valence-corrected chi connectivity index (χ2v) is 20.5. The zero-order valence-electron chi connectivity index (χ0n) is 40.0. The van der Waals surface area contributed by atoms with Gasteiger partial charge in [-0.3, -0.25) is 43.9 Å². The van der Waals surface area contributed by atoms with E-state index in [1.807, 2.05) is 23.1 Å². The number of rotatable bonds is 9. The first-order valence-corrected chi connectivity index (χ1v) is 25.4. The Balaban J connectivity index is 0.768. The zero-order valence-corrected chi connectivity index (χ0v) is 40.0. The molecule has 0 bridgehead atoms. The number of likely N-dealkylation sites (tertiary alicyclic amines) is 1. The van der Waals surface area contributed by atoms with E-state index in [1.165, 1.54) is 0 Å². The highest BCUT2D eigenvalue weighted by molar-refractivity contribution is 6.25. The van der Waals surface area contributed by atoms with Gasteiger partial charge in [0.1, 0.15) is 6.04 Å². The Morgan fingerprint density at radius 3 is 2.48 bits per heavy atom. The van der Waals surface area contributed by atoms with Gasteiger partial charge in [-0.15, -0.1) is 0 Å². The van der Waals surface area contributed by atoms with Crippen LogP contribution >= 0.6 is 0 Å². The first-order valence-electron chi connectivity index (χ1n) is 25.4. The van der Waals surface area contributed by atoms with Crippen LogP contribution < -0.4 is 15.1 Å². The Labute approximate surface area is 409 Å². The van der Waals surface area contributed by atoms with E-state index in [-0.39, 0.29) is 42.0 Å². The number of anilines is 3. The molecule has 7 aliphatic rings. The average molecular weight is 969 g/mol. The van der Waals surface area contributed by atoms with Gasteiger partial charge in [-0.2, -0.15) is 5.10 Å². The van der Waals surface area contributed by atoms with Crippen LogP contribution in [0.1, 0.15) is 120 Å². The fourth-order valence-electron chi connectivity index (χ4n) is 12.7. The predicted molar refractivity (Wildman–Crippen MR) is 260 cm³/mol. The molecular formula is C53H58F2N10O6. The van der Waals surface area contributed by atoms with Gasteiger partial charge in [0.05, 0.1) is 34.9 Å². The summed E-state index contributed by atoms with van der Waals surface area (Å²) < 4.78 is 41.3. The first-order chi connectivity index (χ1) is 34.5. The molecule has 1 N–H and O–H groups in total. The standard InChI is InChI=1S/C53H58F2N10O6/c1-31(66)61-21-13-43-41(29-61)50(58-65(43)34-14-22-71-23-15-34)62-17-3-4-33-24-37(38(49(54)55)25-46(33)62)40-30-63(42-9-16-56-26-39(40)42)35-12-18-59(28-35)27-32-10-19-60(20-11-32)44-6-2-5-36-48(44)53(70)64(52(36)69)45-7-8-47(67)57-51(45)68/h2,5-6,9,16,24-26,30,32,34-35,45,49H,3-4,7-8,10-15,17-23,27-29H2,1H3,(H,57,67,68)/t35-,45?/m1/s1. The summed E-state index contributed by atoms with van der Waals surface area (Å²) in [4.78, 5) is 78.7. The number of hydrogen-bond donors (Lipinski definition) is 1. The summed E-state index contributed by atoms with van der Waals surface area (Å²) in [5.41, 5.74) is 7.41. The molecule has 5 amide bonds. The largest absolute Gasteiger partial charge is 0.381 e. The number of ether oxygens (including phenoxy) is 1. The van der Waals surface area contributed by atoms with Gasteiger partial charge in [-0.05, 0) is 98.7 Å². The molecule has 2 aromatic carbocycles. The summed E-state index contributed by atoms with van der Waals surface area (Å²) in [5, 5.41) is 8.39. The SMILES string of the molecule is CC(=O)N1CCc2c(c(N3CCCc4cc(-c5cn([C@@H]6CCN(CC7CCN(c8cccc9c8C(=O)N(C8CCC(=O)NC8=O)C9=O)CC7)C6)c6ccncc56)c(C(F)F)cc43)nn2C2CCOCC2)C1. The highest BCUT2D eigenvalue weighted by Crippen LogP contribution is 2.46. The maximum atomic E-state index is 15.6. The van der Waals surface area contributed by atoms with Crippen molar-refractivity contribution in [1.29, 1.82) is 0 Å². The molecular weight excluding hydrogens is 911 g/mol. The molecule has 4 fully saturated rings. The van der Waals surface area contributed by atoms with Crippen molar-refractivity contribution in [2.45, 2.75) is 102 Å². The minimum atomic E-state index is -2.73. The number of aryl methyl sites for hydroxylation is 1. The third-order valence-electron chi connectivity index (χ3n) is 16.4. The van der Waals surface area contributed by atoms with Gasteiger partial charge < -0.3 is 28.9 Å². The number of pyridine rings is 1. The van der Waals surface area contributed by atoms with Crippen molar-refractivity contribution >= 4 is 57.6 Å². The number of nitrogens with one attached hydrogen (secondary N) is 1. The third-order valence-corrected chi connectivity index (χ3v) is 16.4. The summed E-state index contributed by atoms with van der Waals surface area (Å²) in [7, 11) is 0. The lowest BCUT2D eigenvalue weighted by atomic mass is 9.91. The molecule has 0 aliphatic carbocycles. The number of nitrogens with zero attached hydrogens (tertiary/aromatic N) is 9. The smallest absolute Gasteiger partial charge is 0.264 e. The minimum absolute atomic E-state index is 0.0111. The monoisotopic (exact) mass is 968 g/mol. The molecule has 0 saturated carbocycles. The number of fused-ring (bicyclic) bond motifs is 4. The number of piperidine rings is 2. The topological polar surface area (TPSA) is 158 Å². The number of halogens is 2. The molecule has 4 saturated heterocycles. The summed E-state index contributed by atoms with van der Waals surface area (Å²) in [5.74, 6) is -0.838. The van der Waals surface area contributed by atoms with Gasteiger partial charge in [0.2, 0.25) is 17.7 Å². The molecule has 3 aromatic heterocycles. The maximum absolute atomic E-state index is 15.6. The second kappa shape index (κ2) is 18.3. The molecule has 10 heterocycles. The van der Waals surface area contributed by atoms with E-state index in [0.29, 0.717) is 75.1 Å². The van der Waals surface area contributed by atoms with Crippen LogP contribution in [0.15, 0.2) is 55.0 Å². The van der Waals surface area contributed by atoms with Crippen molar-refractivity contribution in [3.8, 4) is 11.1 Å². The lowest BCUT2D eigenvalue weighted by molar-refractivity contribution is -0.136. The summed E-state index contributed by atoms with van der Waals surface area (Å²) in [6.45, 7) is 8.68. The van der Waals surface area contributed by atoms with Crippen LogP contribution in [-0.2, 0) is 38.5 Å². The van der Waals surface area contributed by atoms with E-state index in [1.54, 1.807) is 37.5 Å². The van der Waals surface area contributed by atoms with Crippen LogP contribution in [0.2, 0.25) is 0 Å². The Hall–Kier alpha value is -6.53. The lowest BCUT2D eigenvalue weighted by Crippen LogP contribution is -2.54. The first kappa shape index (κ1) is 45.6. The molecule has 12 rings (SSSR count). The van der Waals surface area contributed by atoms with Crippen LogP contribution in [0, 0.1) is 5.92 Å². The maximum Gasteiger partial charge on any atom is 0.264 e. The summed E-state index contributed by atoms with van der Waals surface area (Å²) in [6.07, 6.45) is 9.77. The van der Waals surface area contributed by atoms with Crippen molar-refractivity contribution in [3.63, 3.8) is 0 Å². The molecule has 5 aromatic rings. The van der Waals surface area contributed by atoms with Crippen LogP contribution in [0.5, 0.6) is 0 Å². The average Bonchev–Trinajstić information content (AvgIpc) is 4.16. The molecule has 0 spiro atoms. The highest BCUT2D eigenvalue weighted by atomic mass is 19.3. The molecule has 18 heteroatoms. The Bertz CT molecular complexity index is 2990. The van der Waals surface area contributed by atoms with Gasteiger partial charge in [0.25, 0.3) is 18.2 Å². The summed E-state index contributed by atoms with van der Waals surface area (Å²) >= 11 is 0. The van der Waals surface area contributed by atoms with E-state index >= 15 is 8.78 Å². The molecule has 7 aliphatic heterocycles. The molecule has 370 valence electrons. The minimum Gasteiger partial charge on any atom is -0.381 e. The van der Waals surface area contributed by atoms with Gasteiger partial charge in [0.15, 0.2) is 5.82 Å². The number of imide groups is 2. The quantitative estimate of drug-likeness (QED) is 0.156. The second-order valence-electron chi connectivity index (χ2n) is 20.5. The zero-order chi connectivity index (χ0) is 48.7. The third kappa shape index (κ3) is 7.97. The van der Waals surface area contributed by atoms with Crippen LogP contribution in [0.25, 0.3) is 22.0 Å². The highest BCUT2D eigenvalue weighted by Gasteiger charge is 2.46. The number of hydrogen-bond acceptors (Lipinski definition) is 11. The predicted octanol–water partition coefficient (Wildman–Crippen LogP) is 6.74. The molecule has 0 radical (unpaired) electrons. The number of carbonyl (C=O) groups excluding carboxylic acids is 5. The molecule has 71 heavy (non-hydrogen) atoms. The fourth-order valence-corrected chi connectivity index (χ4v) is 12.7. The Kier molecular flexibility index (Phi) is 11.7. The van der Waals surface area contributed by atoms with Crippen LogP contribution in [0.3, 0.4) is 0 Å². The van der Waals surface area contributed by atoms with E-state index < -0.39 is 36.1 Å². The van der Waals surface area contributed by atoms with Gasteiger partial charge in [-0.1, -0.05) is 6.07 Å². The van der Waals surface area contributed by atoms with Crippen LogP contribution in [-0.4, -0.2) is 129 Å². The molecule has 16 nitrogen and oxygen atoms in total. The number of alkyl halides is 2. The van der Waals surface area contributed by atoms with Crippen LogP contribution in [0.4, 0.5) is 26.0 Å². The van der Waals surface area contributed by atoms with Gasteiger partial charge in [0, 0.05) is 137 Å². The molecule has 1 unspecified atom stereocenters. The van der Waals surface area contributed by atoms with Crippen molar-refractivity contribution in [2.75, 3.05) is 68.8 Å². The van der Waals surface area contributed by atoms with Crippen molar-refractivity contribution in [3.05, 3.63) is 88.5 Å². The Morgan fingerprint density at radius 1 is 0.859 bits per heavy atom. The van der Waals surface area contributed by atoms with E-state index in [4.69, 9.17) is 9.84 Å². The number of carbonyl (C=O) groups is 5. The van der Waals surface area contributed by atoms with Crippen molar-refractivity contribution in [1.82, 2.24) is 39.3 Å². The van der Waals surface area contributed by atoms with Gasteiger partial charge >= 0.3 is 0 Å². The normalized spacial score (nSPS) is 22.5. The van der Waals surface area contributed by atoms with Crippen molar-refractivity contribution < 1.29 is 37.5 Å². The fraction of sp³-hybridized carbons (Fsp3) is 0.491. The number of benzene rings is 2. The van der Waals surface area contributed by atoms with E-state index in [2.05, 4.69) is 40.4 Å². The van der Waals surface area contributed by atoms with Crippen molar-refractivity contribution in [2.24, 2.45) is 5.92 Å². The molecule has 2 atom stereocenters. The van der Waals surface area contributed by atoms with E-state index in [9.17, 15) is 24.0 Å². The van der Waals surface area contributed by atoms with Gasteiger partial charge in [-0.25, -0.2) is 8.78 Å². The Morgan fingerprint density at radius 2 is 1.69 bits per heavy atom. The number of amides is 5. The van der Waals surface area contributed by atoms with E-state index in [0.717, 1.165) is 114 Å².